The van der Waals surface area contributed by atoms with E-state index >= 15 is 0 Å². The Morgan fingerprint density at radius 1 is 0.909 bits per heavy atom. The lowest BCUT2D eigenvalue weighted by Gasteiger charge is -2.13. The van der Waals surface area contributed by atoms with Crippen molar-refractivity contribution in [3.8, 4) is 0 Å². The summed E-state index contributed by atoms with van der Waals surface area (Å²) in [7, 11) is 0. The zero-order chi connectivity index (χ0) is 23.5. The molecule has 1 heterocycles. The first-order chi connectivity index (χ1) is 15.8. The summed E-state index contributed by atoms with van der Waals surface area (Å²) in [5.74, 6) is -1.02. The third-order valence-electron chi connectivity index (χ3n) is 5.05. The van der Waals surface area contributed by atoms with Gasteiger partial charge in [0.25, 0.3) is 17.5 Å². The van der Waals surface area contributed by atoms with Crippen molar-refractivity contribution in [2.45, 2.75) is 6.92 Å². The van der Waals surface area contributed by atoms with E-state index in [1.165, 1.54) is 12.1 Å². The van der Waals surface area contributed by atoms with Crippen molar-refractivity contribution in [2.75, 3.05) is 10.6 Å². The van der Waals surface area contributed by atoms with E-state index in [0.717, 1.165) is 22.5 Å². The van der Waals surface area contributed by atoms with Crippen molar-refractivity contribution in [3.63, 3.8) is 0 Å². The third kappa shape index (κ3) is 4.51. The number of aromatic nitrogens is 1. The van der Waals surface area contributed by atoms with Crippen LogP contribution in [0.3, 0.4) is 0 Å². The molecule has 0 aliphatic heterocycles. The predicted octanol–water partition coefficient (Wildman–Crippen LogP) is 5.61. The molecule has 0 atom stereocenters. The molecule has 0 saturated carbocycles. The smallest absolute Gasteiger partial charge is 0.270 e. The maximum absolute atomic E-state index is 13.1. The second-order valence-corrected chi connectivity index (χ2v) is 7.61. The van der Waals surface area contributed by atoms with Crippen LogP contribution in [0.1, 0.15) is 26.3 Å². The van der Waals surface area contributed by atoms with Gasteiger partial charge in [0.1, 0.15) is 0 Å². The molecule has 2 amide bonds. The number of carbonyl (C=O) groups excluding carboxylic acids is 2. The van der Waals surface area contributed by atoms with Gasteiger partial charge in [-0.05, 0) is 48.9 Å². The average molecular weight is 461 g/mol. The molecule has 0 bridgehead atoms. The van der Waals surface area contributed by atoms with Crippen LogP contribution in [0.5, 0.6) is 0 Å². The Hall–Kier alpha value is -4.30. The van der Waals surface area contributed by atoms with E-state index < -0.39 is 16.7 Å². The first-order valence-corrected chi connectivity index (χ1v) is 10.2. The largest absolute Gasteiger partial charge is 0.321 e. The number of non-ortho nitro benzene ring substituents is 1. The quantitative estimate of drug-likeness (QED) is 0.297. The second kappa shape index (κ2) is 9.05. The average Bonchev–Trinajstić information content (AvgIpc) is 2.81. The van der Waals surface area contributed by atoms with Gasteiger partial charge in [-0.2, -0.15) is 0 Å². The fourth-order valence-corrected chi connectivity index (χ4v) is 3.65. The van der Waals surface area contributed by atoms with E-state index in [1.54, 1.807) is 42.6 Å². The molecule has 0 radical (unpaired) electrons. The first kappa shape index (κ1) is 21.9. The topological polar surface area (TPSA) is 114 Å². The van der Waals surface area contributed by atoms with E-state index in [9.17, 15) is 19.7 Å². The molecule has 4 aromatic rings. The number of pyridine rings is 1. The lowest BCUT2D eigenvalue weighted by molar-refractivity contribution is -0.384. The summed E-state index contributed by atoms with van der Waals surface area (Å²) in [6, 6.07) is 17.4. The number of benzene rings is 3. The van der Waals surface area contributed by atoms with Crippen molar-refractivity contribution in [1.29, 1.82) is 0 Å². The van der Waals surface area contributed by atoms with Crippen molar-refractivity contribution in [3.05, 3.63) is 105 Å². The van der Waals surface area contributed by atoms with Crippen LogP contribution >= 0.6 is 11.6 Å². The number of amides is 2. The lowest BCUT2D eigenvalue weighted by Crippen LogP contribution is -2.18. The van der Waals surface area contributed by atoms with Crippen LogP contribution < -0.4 is 10.6 Å². The Bertz CT molecular complexity index is 1420. The van der Waals surface area contributed by atoms with Gasteiger partial charge in [-0.3, -0.25) is 24.7 Å². The molecule has 164 valence electrons. The number of hydrogen-bond acceptors (Lipinski definition) is 5. The van der Waals surface area contributed by atoms with Crippen LogP contribution in [0.25, 0.3) is 10.9 Å². The first-order valence-electron chi connectivity index (χ1n) is 9.85. The number of para-hydroxylation sites is 1. The molecule has 33 heavy (non-hydrogen) atoms. The number of anilines is 2. The normalized spacial score (nSPS) is 10.6. The zero-order valence-corrected chi connectivity index (χ0v) is 18.1. The highest BCUT2D eigenvalue weighted by Gasteiger charge is 2.18. The number of halogens is 1. The van der Waals surface area contributed by atoms with Gasteiger partial charge in [-0.25, -0.2) is 0 Å². The molecular weight excluding hydrogens is 444 g/mol. The summed E-state index contributed by atoms with van der Waals surface area (Å²) in [5, 5.41) is 17.2. The molecule has 4 rings (SSSR count). The van der Waals surface area contributed by atoms with Gasteiger partial charge >= 0.3 is 0 Å². The molecular formula is C24H17ClN4O4. The standard InChI is InChI=1S/C24H17ClN4O4/c1-14-8-11-21(17-6-4-12-26-22(14)17)28-24(31)18-5-2-3-7-20(18)27-23(30)16-10-9-15(29(32)33)13-19(16)25/h2-13H,1H3,(H,27,30)(H,28,31). The molecule has 9 heteroatoms. The third-order valence-corrected chi connectivity index (χ3v) is 5.36. The van der Waals surface area contributed by atoms with Crippen LogP contribution in [0.2, 0.25) is 5.02 Å². The van der Waals surface area contributed by atoms with Gasteiger partial charge < -0.3 is 10.6 Å². The van der Waals surface area contributed by atoms with E-state index in [1.807, 2.05) is 19.1 Å². The van der Waals surface area contributed by atoms with E-state index in [4.69, 9.17) is 11.6 Å². The number of fused-ring (bicyclic) bond motifs is 1. The number of nitrogens with zero attached hydrogens (tertiary/aromatic N) is 2. The Balaban J connectivity index is 1.61. The minimum absolute atomic E-state index is 0.0491. The zero-order valence-electron chi connectivity index (χ0n) is 17.3. The Kier molecular flexibility index (Phi) is 6.01. The fraction of sp³-hybridized carbons (Fsp3) is 0.0417. The summed E-state index contributed by atoms with van der Waals surface area (Å²) in [6.45, 7) is 1.94. The molecule has 0 fully saturated rings. The van der Waals surface area contributed by atoms with Gasteiger partial charge in [0.2, 0.25) is 0 Å². The summed E-state index contributed by atoms with van der Waals surface area (Å²) in [4.78, 5) is 40.5. The Labute approximate surface area is 193 Å². The van der Waals surface area contributed by atoms with Crippen LogP contribution in [0.15, 0.2) is 72.9 Å². The monoisotopic (exact) mass is 460 g/mol. The van der Waals surface area contributed by atoms with Crippen LogP contribution in [0, 0.1) is 17.0 Å². The maximum atomic E-state index is 13.1. The summed E-state index contributed by atoms with van der Waals surface area (Å²) < 4.78 is 0. The molecule has 1 aromatic heterocycles. The van der Waals surface area contributed by atoms with Gasteiger partial charge in [-0.15, -0.1) is 0 Å². The highest BCUT2D eigenvalue weighted by Crippen LogP contribution is 2.27. The van der Waals surface area contributed by atoms with Gasteiger partial charge in [0, 0.05) is 23.7 Å². The summed E-state index contributed by atoms with van der Waals surface area (Å²) in [6.07, 6.45) is 1.69. The number of nitrogens with one attached hydrogen (secondary N) is 2. The van der Waals surface area contributed by atoms with Gasteiger partial charge in [-0.1, -0.05) is 29.8 Å². The molecule has 0 aliphatic carbocycles. The number of nitro benzene ring substituents is 1. The molecule has 0 unspecified atom stereocenters. The highest BCUT2D eigenvalue weighted by molar-refractivity contribution is 6.34. The SMILES string of the molecule is Cc1ccc(NC(=O)c2ccccc2NC(=O)c2ccc([N+](=O)[O-])cc2Cl)c2cccnc12. The molecule has 0 aliphatic rings. The molecule has 8 nitrogen and oxygen atoms in total. The molecule has 2 N–H and O–H groups in total. The maximum Gasteiger partial charge on any atom is 0.270 e. The van der Waals surface area contributed by atoms with Crippen molar-refractivity contribution >= 4 is 51.4 Å². The number of carbonyl (C=O) groups is 2. The highest BCUT2D eigenvalue weighted by atomic mass is 35.5. The summed E-state index contributed by atoms with van der Waals surface area (Å²) >= 11 is 6.06. The second-order valence-electron chi connectivity index (χ2n) is 7.20. The van der Waals surface area contributed by atoms with Crippen LogP contribution in [0.4, 0.5) is 17.1 Å². The Morgan fingerprint density at radius 2 is 1.64 bits per heavy atom. The van der Waals surface area contributed by atoms with E-state index in [-0.39, 0.29) is 27.5 Å². The van der Waals surface area contributed by atoms with Crippen LogP contribution in [-0.2, 0) is 0 Å². The van der Waals surface area contributed by atoms with Crippen molar-refractivity contribution in [1.82, 2.24) is 4.98 Å². The number of aryl methyl sites for hydroxylation is 1. The van der Waals surface area contributed by atoms with Crippen molar-refractivity contribution in [2.24, 2.45) is 0 Å². The lowest BCUT2D eigenvalue weighted by atomic mass is 10.1. The molecule has 0 spiro atoms. The molecule has 0 saturated heterocycles. The number of nitro groups is 1. The minimum Gasteiger partial charge on any atom is -0.321 e. The van der Waals surface area contributed by atoms with Crippen LogP contribution in [-0.4, -0.2) is 21.7 Å². The van der Waals surface area contributed by atoms with E-state index in [2.05, 4.69) is 15.6 Å². The van der Waals surface area contributed by atoms with Gasteiger partial charge in [0.15, 0.2) is 0 Å². The van der Waals surface area contributed by atoms with E-state index in [0.29, 0.717) is 5.69 Å². The fourth-order valence-electron chi connectivity index (χ4n) is 3.39. The molecule has 3 aromatic carbocycles. The summed E-state index contributed by atoms with van der Waals surface area (Å²) in [5.41, 5.74) is 2.68. The minimum atomic E-state index is -0.600. The predicted molar refractivity (Wildman–Crippen MR) is 127 cm³/mol. The number of hydrogen-bond donors (Lipinski definition) is 2. The Morgan fingerprint density at radius 3 is 2.39 bits per heavy atom. The van der Waals surface area contributed by atoms with Gasteiger partial charge in [0.05, 0.1) is 38.0 Å². The van der Waals surface area contributed by atoms with Crippen molar-refractivity contribution < 1.29 is 14.5 Å². The number of rotatable bonds is 5.